The molecule has 6 heteroatoms. The summed E-state index contributed by atoms with van der Waals surface area (Å²) in [6.07, 6.45) is 3.36. The molecular weight excluding hydrogens is 212 g/mol. The smallest absolute Gasteiger partial charge is 0.162 e. The van der Waals surface area contributed by atoms with E-state index in [0.29, 0.717) is 0 Å². The first-order valence-electron chi connectivity index (χ1n) is 4.57. The molecule has 2 aromatic rings. The first-order valence-corrected chi connectivity index (χ1v) is 5.56. The van der Waals surface area contributed by atoms with Crippen molar-refractivity contribution in [3.63, 3.8) is 0 Å². The lowest BCUT2D eigenvalue weighted by Crippen LogP contribution is -1.95. The highest BCUT2D eigenvalue weighted by molar-refractivity contribution is 7.99. The number of ether oxygens (including phenoxy) is 1. The van der Waals surface area contributed by atoms with Crippen molar-refractivity contribution in [3.05, 3.63) is 12.5 Å². The van der Waals surface area contributed by atoms with E-state index in [2.05, 4.69) is 15.1 Å². The van der Waals surface area contributed by atoms with Crippen LogP contribution in [0, 0.1) is 0 Å². The third-order valence-corrected chi connectivity index (χ3v) is 2.99. The summed E-state index contributed by atoms with van der Waals surface area (Å²) in [6, 6.07) is 0. The number of nitrogens with zero attached hydrogens (tertiary/aromatic N) is 4. The Hall–Kier alpha value is -1.14. The average Bonchev–Trinajstić information content (AvgIpc) is 2.62. The van der Waals surface area contributed by atoms with Gasteiger partial charge in [-0.05, 0) is 0 Å². The minimum atomic E-state index is 0.719. The molecule has 0 spiro atoms. The Bertz CT molecular complexity index is 456. The molecule has 5 nitrogen and oxygen atoms in total. The van der Waals surface area contributed by atoms with Crippen molar-refractivity contribution in [2.75, 3.05) is 19.5 Å². The molecule has 0 fully saturated rings. The fraction of sp³-hybridized carbons (Fsp3) is 0.444. The fourth-order valence-electron chi connectivity index (χ4n) is 1.28. The van der Waals surface area contributed by atoms with Gasteiger partial charge in [0.1, 0.15) is 11.4 Å². The van der Waals surface area contributed by atoms with E-state index in [1.54, 1.807) is 36.1 Å². The standard InChI is InChI=1S/C9H12N4OS/c1-13-8-7(5-12-13)9(11-6-10-8)15-4-3-14-2/h5-6H,3-4H2,1-2H3. The second-order valence-corrected chi connectivity index (χ2v) is 4.11. The molecule has 15 heavy (non-hydrogen) atoms. The lowest BCUT2D eigenvalue weighted by atomic mass is 10.4. The maximum Gasteiger partial charge on any atom is 0.162 e. The van der Waals surface area contributed by atoms with E-state index in [0.717, 1.165) is 28.4 Å². The highest BCUT2D eigenvalue weighted by atomic mass is 32.2. The van der Waals surface area contributed by atoms with Gasteiger partial charge in [0.15, 0.2) is 5.65 Å². The summed E-state index contributed by atoms with van der Waals surface area (Å²) in [4.78, 5) is 8.41. The quantitative estimate of drug-likeness (QED) is 0.442. The topological polar surface area (TPSA) is 52.8 Å². The van der Waals surface area contributed by atoms with Gasteiger partial charge in [0.2, 0.25) is 0 Å². The first kappa shape index (κ1) is 10.4. The molecule has 0 amide bonds. The predicted molar refractivity (Wildman–Crippen MR) is 58.9 cm³/mol. The van der Waals surface area contributed by atoms with Crippen LogP contribution >= 0.6 is 11.8 Å². The molecule has 0 aliphatic rings. The number of rotatable bonds is 4. The van der Waals surface area contributed by atoms with Crippen molar-refractivity contribution < 1.29 is 4.74 Å². The van der Waals surface area contributed by atoms with Crippen molar-refractivity contribution in [1.82, 2.24) is 19.7 Å². The number of aromatic nitrogens is 4. The molecule has 2 rings (SSSR count). The van der Waals surface area contributed by atoms with Gasteiger partial charge in [-0.2, -0.15) is 5.10 Å². The van der Waals surface area contributed by atoms with Crippen LogP contribution in [0.2, 0.25) is 0 Å². The van der Waals surface area contributed by atoms with Crippen molar-refractivity contribution in [3.8, 4) is 0 Å². The molecule has 0 aliphatic carbocycles. The molecular formula is C9H12N4OS. The van der Waals surface area contributed by atoms with Crippen LogP contribution in [-0.2, 0) is 11.8 Å². The Kier molecular flexibility index (Phi) is 3.17. The van der Waals surface area contributed by atoms with E-state index in [9.17, 15) is 0 Å². The molecule has 80 valence electrons. The summed E-state index contributed by atoms with van der Waals surface area (Å²) in [7, 11) is 3.57. The lowest BCUT2D eigenvalue weighted by molar-refractivity contribution is 0.218. The zero-order chi connectivity index (χ0) is 10.7. The summed E-state index contributed by atoms with van der Waals surface area (Å²) in [6.45, 7) is 0.719. The van der Waals surface area contributed by atoms with E-state index in [-0.39, 0.29) is 0 Å². The minimum absolute atomic E-state index is 0.719. The van der Waals surface area contributed by atoms with Crippen molar-refractivity contribution in [2.24, 2.45) is 7.05 Å². The molecule has 0 aliphatic heterocycles. The Morgan fingerprint density at radius 1 is 1.47 bits per heavy atom. The molecule has 0 unspecified atom stereocenters. The van der Waals surface area contributed by atoms with Gasteiger partial charge in [-0.3, -0.25) is 4.68 Å². The van der Waals surface area contributed by atoms with Crippen LogP contribution in [0.4, 0.5) is 0 Å². The van der Waals surface area contributed by atoms with E-state index in [1.165, 1.54) is 0 Å². The second kappa shape index (κ2) is 4.59. The summed E-state index contributed by atoms with van der Waals surface area (Å²) < 4.78 is 6.74. The number of methoxy groups -OCH3 is 1. The van der Waals surface area contributed by atoms with Crippen molar-refractivity contribution >= 4 is 22.8 Å². The SMILES string of the molecule is COCCSc1ncnc2c1cnn2C. The maximum atomic E-state index is 5.00. The predicted octanol–water partition coefficient (Wildman–Crippen LogP) is 1.10. The van der Waals surface area contributed by atoms with E-state index in [1.807, 2.05) is 7.05 Å². The molecule has 0 radical (unpaired) electrons. The van der Waals surface area contributed by atoms with Crippen LogP contribution in [0.3, 0.4) is 0 Å². The summed E-state index contributed by atoms with van der Waals surface area (Å²) >= 11 is 1.66. The molecule has 0 aromatic carbocycles. The minimum Gasteiger partial charge on any atom is -0.384 e. The second-order valence-electron chi connectivity index (χ2n) is 3.03. The van der Waals surface area contributed by atoms with E-state index in [4.69, 9.17) is 4.74 Å². The van der Waals surface area contributed by atoms with Gasteiger partial charge >= 0.3 is 0 Å². The fourth-order valence-corrected chi connectivity index (χ4v) is 2.14. The normalized spacial score (nSPS) is 11.1. The maximum absolute atomic E-state index is 5.00. The summed E-state index contributed by atoms with van der Waals surface area (Å²) in [5.41, 5.74) is 0.866. The third kappa shape index (κ3) is 2.10. The molecule has 0 saturated heterocycles. The molecule has 0 saturated carbocycles. The van der Waals surface area contributed by atoms with Crippen LogP contribution in [0.5, 0.6) is 0 Å². The highest BCUT2D eigenvalue weighted by Crippen LogP contribution is 2.23. The zero-order valence-corrected chi connectivity index (χ0v) is 9.49. The van der Waals surface area contributed by atoms with Gasteiger partial charge in [-0.15, -0.1) is 11.8 Å². The van der Waals surface area contributed by atoms with Gasteiger partial charge in [0.05, 0.1) is 18.2 Å². The largest absolute Gasteiger partial charge is 0.384 e. The van der Waals surface area contributed by atoms with Crippen LogP contribution in [0.1, 0.15) is 0 Å². The molecule has 2 heterocycles. The molecule has 2 aromatic heterocycles. The lowest BCUT2D eigenvalue weighted by Gasteiger charge is -2.00. The van der Waals surface area contributed by atoms with Gasteiger partial charge in [0, 0.05) is 19.9 Å². The zero-order valence-electron chi connectivity index (χ0n) is 8.67. The Labute approximate surface area is 91.9 Å². The van der Waals surface area contributed by atoms with Crippen LogP contribution < -0.4 is 0 Å². The van der Waals surface area contributed by atoms with E-state index < -0.39 is 0 Å². The Morgan fingerprint density at radius 3 is 3.13 bits per heavy atom. The van der Waals surface area contributed by atoms with E-state index >= 15 is 0 Å². The number of hydrogen-bond acceptors (Lipinski definition) is 5. The monoisotopic (exact) mass is 224 g/mol. The van der Waals surface area contributed by atoms with Gasteiger partial charge in [-0.25, -0.2) is 9.97 Å². The molecule has 0 atom stereocenters. The first-order chi connectivity index (χ1) is 7.33. The van der Waals surface area contributed by atoms with Gasteiger partial charge in [0.25, 0.3) is 0 Å². The van der Waals surface area contributed by atoms with Crippen LogP contribution in [0.25, 0.3) is 11.0 Å². The Balaban J connectivity index is 2.26. The van der Waals surface area contributed by atoms with Crippen molar-refractivity contribution in [1.29, 1.82) is 0 Å². The third-order valence-electron chi connectivity index (χ3n) is 2.02. The Morgan fingerprint density at radius 2 is 2.33 bits per heavy atom. The number of thioether (sulfide) groups is 1. The summed E-state index contributed by atoms with van der Waals surface area (Å²) in [5.74, 6) is 0.886. The summed E-state index contributed by atoms with van der Waals surface area (Å²) in [5, 5.41) is 6.12. The van der Waals surface area contributed by atoms with Crippen LogP contribution in [-0.4, -0.2) is 39.2 Å². The molecule has 0 bridgehead atoms. The van der Waals surface area contributed by atoms with Crippen molar-refractivity contribution in [2.45, 2.75) is 5.03 Å². The highest BCUT2D eigenvalue weighted by Gasteiger charge is 2.07. The van der Waals surface area contributed by atoms with Gasteiger partial charge in [-0.1, -0.05) is 0 Å². The van der Waals surface area contributed by atoms with Crippen LogP contribution in [0.15, 0.2) is 17.6 Å². The number of hydrogen-bond donors (Lipinski definition) is 0. The average molecular weight is 224 g/mol. The number of aryl methyl sites for hydroxylation is 1. The molecule has 0 N–H and O–H groups in total. The number of fused-ring (bicyclic) bond motifs is 1. The van der Waals surface area contributed by atoms with Gasteiger partial charge < -0.3 is 4.74 Å².